The van der Waals surface area contributed by atoms with Gasteiger partial charge in [-0.25, -0.2) is 14.6 Å². The lowest BCUT2D eigenvalue weighted by Crippen LogP contribution is -2.57. The van der Waals surface area contributed by atoms with Crippen molar-refractivity contribution in [1.29, 1.82) is 0 Å². The third-order valence-corrected chi connectivity index (χ3v) is 5.63. The van der Waals surface area contributed by atoms with E-state index in [-0.39, 0.29) is 24.9 Å². The minimum absolute atomic E-state index is 0.111. The Balaban J connectivity index is 1.96. The van der Waals surface area contributed by atoms with Crippen molar-refractivity contribution < 1.29 is 28.7 Å². The van der Waals surface area contributed by atoms with Crippen LogP contribution in [0.1, 0.15) is 43.1 Å². The quantitative estimate of drug-likeness (QED) is 0.244. The minimum Gasteiger partial charge on any atom is -0.467 e. The van der Waals surface area contributed by atoms with Crippen molar-refractivity contribution in [2.24, 2.45) is 11.5 Å². The number of nitrogens with zero attached hydrogens (tertiary/aromatic N) is 1. The molecule has 0 bridgehead atoms. The third kappa shape index (κ3) is 5.60. The van der Waals surface area contributed by atoms with E-state index in [4.69, 9.17) is 20.9 Å². The second kappa shape index (κ2) is 10.3. The number of nitrogens with one attached hydrogen (secondary N) is 1. The zero-order valence-corrected chi connectivity index (χ0v) is 20.7. The predicted octanol–water partition coefficient (Wildman–Crippen LogP) is 2.38. The summed E-state index contributed by atoms with van der Waals surface area (Å²) in [6.45, 7) is 5.02. The molecule has 2 aromatic carbocycles. The second-order valence-corrected chi connectivity index (χ2v) is 9.42. The Morgan fingerprint density at radius 1 is 1.00 bits per heavy atom. The molecular weight excluding hydrogens is 464 g/mol. The topological polar surface area (TPSA) is 164 Å². The Labute approximate surface area is 208 Å². The van der Waals surface area contributed by atoms with Crippen molar-refractivity contribution in [2.75, 3.05) is 13.7 Å². The molecule has 3 rings (SSSR count). The van der Waals surface area contributed by atoms with Gasteiger partial charge in [0.05, 0.1) is 23.7 Å². The molecule has 3 aromatic rings. The standard InChI is InChI=1S/C26H30N4O6/c1-25(2,3)36-24(34)29-13-12-26(28,23(33)35-4)19(31)14-15-8-7-11-18-20(15)21(22(27)32)16-9-5-6-10-17(16)30-18/h5-11H,12-14,28H2,1-4H3,(H2,27,32)(H,29,34). The van der Waals surface area contributed by atoms with E-state index in [1.165, 1.54) is 0 Å². The highest BCUT2D eigenvalue weighted by molar-refractivity contribution is 6.17. The Kier molecular flexibility index (Phi) is 7.59. The molecule has 0 spiro atoms. The summed E-state index contributed by atoms with van der Waals surface area (Å²) in [4.78, 5) is 55.1. The molecule has 0 radical (unpaired) electrons. The molecular formula is C26H30N4O6. The number of amides is 2. The number of Topliss-reactive ketones (excluding diaryl/α,β-unsaturated/α-hetero) is 1. The Hall–Kier alpha value is -4.05. The molecule has 0 saturated heterocycles. The van der Waals surface area contributed by atoms with Gasteiger partial charge in [0.25, 0.3) is 0 Å². The molecule has 2 amide bonds. The molecule has 1 heterocycles. The van der Waals surface area contributed by atoms with Crippen molar-refractivity contribution in [3.05, 3.63) is 53.6 Å². The van der Waals surface area contributed by atoms with E-state index in [1.54, 1.807) is 63.2 Å². The monoisotopic (exact) mass is 494 g/mol. The van der Waals surface area contributed by atoms with Crippen molar-refractivity contribution in [3.63, 3.8) is 0 Å². The number of fused-ring (bicyclic) bond motifs is 2. The number of primary amides is 1. The highest BCUT2D eigenvalue weighted by Crippen LogP contribution is 2.29. The lowest BCUT2D eigenvalue weighted by molar-refractivity contribution is -0.151. The Morgan fingerprint density at radius 3 is 2.31 bits per heavy atom. The summed E-state index contributed by atoms with van der Waals surface area (Å²) in [7, 11) is 1.12. The van der Waals surface area contributed by atoms with Crippen LogP contribution in [0.2, 0.25) is 0 Å². The normalized spacial score (nSPS) is 13.1. The van der Waals surface area contributed by atoms with Gasteiger partial charge < -0.3 is 26.3 Å². The number of carbonyl (C=O) groups excluding carboxylic acids is 4. The van der Waals surface area contributed by atoms with Gasteiger partial charge >= 0.3 is 12.1 Å². The van der Waals surface area contributed by atoms with Gasteiger partial charge in [-0.1, -0.05) is 30.3 Å². The van der Waals surface area contributed by atoms with E-state index in [1.807, 2.05) is 0 Å². The van der Waals surface area contributed by atoms with Crippen molar-refractivity contribution in [3.8, 4) is 0 Å². The average molecular weight is 495 g/mol. The van der Waals surface area contributed by atoms with Gasteiger partial charge in [0, 0.05) is 30.2 Å². The van der Waals surface area contributed by atoms with Crippen LogP contribution in [0.4, 0.5) is 4.79 Å². The lowest BCUT2D eigenvalue weighted by Gasteiger charge is -2.26. The van der Waals surface area contributed by atoms with Gasteiger partial charge in [0.1, 0.15) is 5.60 Å². The summed E-state index contributed by atoms with van der Waals surface area (Å²) in [6, 6.07) is 12.1. The first-order valence-corrected chi connectivity index (χ1v) is 11.3. The zero-order valence-electron chi connectivity index (χ0n) is 20.7. The molecule has 0 saturated carbocycles. The molecule has 190 valence electrons. The molecule has 0 fully saturated rings. The number of hydrogen-bond acceptors (Lipinski definition) is 8. The van der Waals surface area contributed by atoms with Crippen LogP contribution < -0.4 is 16.8 Å². The molecule has 1 unspecified atom stereocenters. The zero-order chi connectivity index (χ0) is 26.7. The van der Waals surface area contributed by atoms with Crippen LogP contribution in [0.3, 0.4) is 0 Å². The van der Waals surface area contributed by atoms with Gasteiger partial charge in [0.2, 0.25) is 5.91 Å². The molecule has 5 N–H and O–H groups in total. The van der Waals surface area contributed by atoms with Gasteiger partial charge in [-0.05, 0) is 38.5 Å². The van der Waals surface area contributed by atoms with Crippen LogP contribution in [0.25, 0.3) is 21.8 Å². The number of para-hydroxylation sites is 1. The van der Waals surface area contributed by atoms with E-state index in [9.17, 15) is 19.2 Å². The lowest BCUT2D eigenvalue weighted by atomic mass is 9.86. The Bertz CT molecular complexity index is 1350. The van der Waals surface area contributed by atoms with Crippen LogP contribution >= 0.6 is 0 Å². The maximum absolute atomic E-state index is 13.4. The van der Waals surface area contributed by atoms with Crippen LogP contribution in [-0.2, 0) is 25.5 Å². The molecule has 1 aromatic heterocycles. The summed E-state index contributed by atoms with van der Waals surface area (Å²) in [5.74, 6) is -2.28. The van der Waals surface area contributed by atoms with E-state index < -0.39 is 34.9 Å². The number of ketones is 1. The average Bonchev–Trinajstić information content (AvgIpc) is 2.80. The number of carbonyl (C=O) groups is 4. The number of ether oxygens (including phenoxy) is 2. The maximum Gasteiger partial charge on any atom is 0.407 e. The molecule has 1 atom stereocenters. The van der Waals surface area contributed by atoms with Gasteiger partial charge in [-0.3, -0.25) is 9.59 Å². The first-order chi connectivity index (χ1) is 16.9. The molecule has 0 aliphatic heterocycles. The number of alkyl carbamates (subject to hydrolysis) is 1. The van der Waals surface area contributed by atoms with Crippen molar-refractivity contribution in [1.82, 2.24) is 10.3 Å². The molecule has 0 aliphatic rings. The molecule has 36 heavy (non-hydrogen) atoms. The van der Waals surface area contributed by atoms with Crippen LogP contribution in [0, 0.1) is 0 Å². The second-order valence-electron chi connectivity index (χ2n) is 9.42. The number of hydrogen-bond donors (Lipinski definition) is 3. The third-order valence-electron chi connectivity index (χ3n) is 5.63. The van der Waals surface area contributed by atoms with E-state index >= 15 is 0 Å². The van der Waals surface area contributed by atoms with Crippen molar-refractivity contribution in [2.45, 2.75) is 44.8 Å². The summed E-state index contributed by atoms with van der Waals surface area (Å²) < 4.78 is 9.98. The highest BCUT2D eigenvalue weighted by atomic mass is 16.6. The maximum atomic E-state index is 13.4. The van der Waals surface area contributed by atoms with E-state index in [0.29, 0.717) is 27.4 Å². The number of pyridine rings is 1. The fraction of sp³-hybridized carbons (Fsp3) is 0.346. The van der Waals surface area contributed by atoms with Crippen molar-refractivity contribution >= 4 is 45.6 Å². The van der Waals surface area contributed by atoms with E-state index in [2.05, 4.69) is 10.3 Å². The van der Waals surface area contributed by atoms with E-state index in [0.717, 1.165) is 7.11 Å². The van der Waals surface area contributed by atoms with Gasteiger partial charge in [-0.15, -0.1) is 0 Å². The summed E-state index contributed by atoms with van der Waals surface area (Å²) in [5, 5.41) is 3.45. The van der Waals surface area contributed by atoms with Gasteiger partial charge in [0.15, 0.2) is 11.3 Å². The van der Waals surface area contributed by atoms with Crippen LogP contribution in [0.5, 0.6) is 0 Å². The number of rotatable bonds is 8. The largest absolute Gasteiger partial charge is 0.467 e. The smallest absolute Gasteiger partial charge is 0.407 e. The molecule has 0 aliphatic carbocycles. The molecule has 10 nitrogen and oxygen atoms in total. The summed E-state index contributed by atoms with van der Waals surface area (Å²) >= 11 is 0. The summed E-state index contributed by atoms with van der Waals surface area (Å²) in [6.07, 6.45) is -1.23. The summed E-state index contributed by atoms with van der Waals surface area (Å²) in [5.41, 5.74) is 11.0. The Morgan fingerprint density at radius 2 is 1.67 bits per heavy atom. The molecule has 10 heteroatoms. The van der Waals surface area contributed by atoms with Gasteiger partial charge in [-0.2, -0.15) is 0 Å². The van der Waals surface area contributed by atoms with Crippen LogP contribution in [0.15, 0.2) is 42.5 Å². The number of benzene rings is 2. The minimum atomic E-state index is -2.05. The van der Waals surface area contributed by atoms with Crippen LogP contribution in [-0.4, -0.2) is 53.5 Å². The fourth-order valence-corrected chi connectivity index (χ4v) is 3.96. The highest BCUT2D eigenvalue weighted by Gasteiger charge is 2.42. The fourth-order valence-electron chi connectivity index (χ4n) is 3.96. The SMILES string of the molecule is COC(=O)C(N)(CCNC(=O)OC(C)(C)C)C(=O)Cc1cccc2nc3ccccc3c(C(N)=O)c12. The number of aromatic nitrogens is 1. The first kappa shape index (κ1) is 26.6. The number of methoxy groups -OCH3 is 1. The number of esters is 1. The first-order valence-electron chi connectivity index (χ1n) is 11.3. The number of nitrogens with two attached hydrogens (primary N) is 2. The predicted molar refractivity (Wildman–Crippen MR) is 134 cm³/mol.